The van der Waals surface area contributed by atoms with E-state index in [-0.39, 0.29) is 30.2 Å². The second-order valence-corrected chi connectivity index (χ2v) is 6.97. The van der Waals surface area contributed by atoms with E-state index in [0.717, 1.165) is 13.1 Å². The smallest absolute Gasteiger partial charge is 0.254 e. The van der Waals surface area contributed by atoms with Gasteiger partial charge in [-0.1, -0.05) is 19.9 Å². The summed E-state index contributed by atoms with van der Waals surface area (Å²) in [6.45, 7) is 8.92. The Morgan fingerprint density at radius 3 is 2.54 bits per heavy atom. The number of carbonyl (C=O) groups is 3. The first-order valence-corrected chi connectivity index (χ1v) is 9.02. The Morgan fingerprint density at radius 2 is 1.92 bits per heavy atom. The number of anilines is 1. The Kier molecular flexibility index (Phi) is 7.15. The number of rotatable bonds is 6. The summed E-state index contributed by atoms with van der Waals surface area (Å²) >= 11 is 0. The van der Waals surface area contributed by atoms with Gasteiger partial charge in [0.2, 0.25) is 11.8 Å². The van der Waals surface area contributed by atoms with Gasteiger partial charge in [-0.15, -0.1) is 0 Å². The predicted molar refractivity (Wildman–Crippen MR) is 101 cm³/mol. The molecule has 26 heavy (non-hydrogen) atoms. The Bertz CT molecular complexity index is 654. The first kappa shape index (κ1) is 19.9. The Balaban J connectivity index is 2.13. The van der Waals surface area contributed by atoms with Gasteiger partial charge >= 0.3 is 0 Å². The zero-order valence-corrected chi connectivity index (χ0v) is 15.7. The minimum Gasteiger partial charge on any atom is -0.339 e. The minimum absolute atomic E-state index is 0.0292. The zero-order chi connectivity index (χ0) is 19.1. The van der Waals surface area contributed by atoms with Gasteiger partial charge in [-0.2, -0.15) is 0 Å². The topological polar surface area (TPSA) is 81.8 Å². The third-order valence-electron chi connectivity index (χ3n) is 4.10. The van der Waals surface area contributed by atoms with Crippen LogP contribution in [0.2, 0.25) is 0 Å². The Hall–Kier alpha value is -2.41. The molecule has 7 nitrogen and oxygen atoms in total. The van der Waals surface area contributed by atoms with Crippen LogP contribution >= 0.6 is 0 Å². The standard InChI is InChI=1S/C19H28N4O3/c1-14(2)12-23(13-18(25)22-9-7-20-8-10-22)19(26)16-5-4-6-17(11-16)21-15(3)24/h4-6,11,14,20H,7-10,12-13H2,1-3H3,(H,21,24). The van der Waals surface area contributed by atoms with E-state index in [1.165, 1.54) is 6.92 Å². The van der Waals surface area contributed by atoms with Crippen molar-refractivity contribution in [1.29, 1.82) is 0 Å². The van der Waals surface area contributed by atoms with E-state index < -0.39 is 0 Å². The molecule has 1 aliphatic heterocycles. The van der Waals surface area contributed by atoms with Crippen LogP contribution in [-0.2, 0) is 9.59 Å². The minimum atomic E-state index is -0.200. The molecular weight excluding hydrogens is 332 g/mol. The van der Waals surface area contributed by atoms with Crippen LogP contribution in [-0.4, -0.2) is 66.8 Å². The van der Waals surface area contributed by atoms with Gasteiger partial charge < -0.3 is 20.4 Å². The maximum Gasteiger partial charge on any atom is 0.254 e. The molecule has 0 spiro atoms. The van der Waals surface area contributed by atoms with Crippen LogP contribution in [0.4, 0.5) is 5.69 Å². The predicted octanol–water partition coefficient (Wildman–Crippen LogP) is 1.18. The monoisotopic (exact) mass is 360 g/mol. The summed E-state index contributed by atoms with van der Waals surface area (Å²) in [6.07, 6.45) is 0. The number of amides is 3. The van der Waals surface area contributed by atoms with Crippen LogP contribution in [0.5, 0.6) is 0 Å². The molecule has 0 aliphatic carbocycles. The molecule has 0 unspecified atom stereocenters. The summed E-state index contributed by atoms with van der Waals surface area (Å²) in [7, 11) is 0. The molecule has 142 valence electrons. The van der Waals surface area contributed by atoms with Gasteiger partial charge in [-0.25, -0.2) is 0 Å². The lowest BCUT2D eigenvalue weighted by Crippen LogP contribution is -2.50. The van der Waals surface area contributed by atoms with Crippen LogP contribution in [0.25, 0.3) is 0 Å². The molecule has 0 saturated carbocycles. The van der Waals surface area contributed by atoms with Gasteiger partial charge in [0.1, 0.15) is 6.54 Å². The molecule has 1 aromatic rings. The van der Waals surface area contributed by atoms with Crippen molar-refractivity contribution in [3.8, 4) is 0 Å². The highest BCUT2D eigenvalue weighted by Crippen LogP contribution is 2.14. The van der Waals surface area contributed by atoms with Crippen molar-refractivity contribution < 1.29 is 14.4 Å². The molecule has 0 radical (unpaired) electrons. The largest absolute Gasteiger partial charge is 0.339 e. The number of benzene rings is 1. The second kappa shape index (κ2) is 9.33. The van der Waals surface area contributed by atoms with Gasteiger partial charge in [0.25, 0.3) is 5.91 Å². The van der Waals surface area contributed by atoms with Crippen LogP contribution in [0.3, 0.4) is 0 Å². The number of hydrogen-bond donors (Lipinski definition) is 2. The number of nitrogens with zero attached hydrogens (tertiary/aromatic N) is 2. The van der Waals surface area contributed by atoms with Crippen molar-refractivity contribution in [2.24, 2.45) is 5.92 Å². The van der Waals surface area contributed by atoms with Gasteiger partial charge in [-0.05, 0) is 24.1 Å². The van der Waals surface area contributed by atoms with Crippen LogP contribution in [0.1, 0.15) is 31.1 Å². The number of hydrogen-bond acceptors (Lipinski definition) is 4. The fourth-order valence-electron chi connectivity index (χ4n) is 2.95. The lowest BCUT2D eigenvalue weighted by Gasteiger charge is -2.31. The quantitative estimate of drug-likeness (QED) is 0.798. The van der Waals surface area contributed by atoms with Crippen molar-refractivity contribution in [2.45, 2.75) is 20.8 Å². The SMILES string of the molecule is CC(=O)Nc1cccc(C(=O)N(CC(=O)N2CCNCC2)CC(C)C)c1. The fraction of sp³-hybridized carbons (Fsp3) is 0.526. The molecular formula is C19H28N4O3. The first-order chi connectivity index (χ1) is 12.4. The highest BCUT2D eigenvalue weighted by Gasteiger charge is 2.24. The summed E-state index contributed by atoms with van der Waals surface area (Å²) in [5, 5.41) is 5.90. The highest BCUT2D eigenvalue weighted by molar-refractivity contribution is 5.98. The van der Waals surface area contributed by atoms with E-state index >= 15 is 0 Å². The fourth-order valence-corrected chi connectivity index (χ4v) is 2.95. The Labute approximate surface area is 154 Å². The van der Waals surface area contributed by atoms with Crippen molar-refractivity contribution in [3.63, 3.8) is 0 Å². The molecule has 1 heterocycles. The molecule has 0 bridgehead atoms. The molecule has 0 atom stereocenters. The van der Waals surface area contributed by atoms with Crippen molar-refractivity contribution in [3.05, 3.63) is 29.8 Å². The van der Waals surface area contributed by atoms with Gasteiger partial charge in [0, 0.05) is 50.9 Å². The van der Waals surface area contributed by atoms with Crippen LogP contribution < -0.4 is 10.6 Å². The average molecular weight is 360 g/mol. The van der Waals surface area contributed by atoms with Gasteiger partial charge in [0.05, 0.1) is 0 Å². The van der Waals surface area contributed by atoms with E-state index in [2.05, 4.69) is 10.6 Å². The molecule has 1 saturated heterocycles. The Morgan fingerprint density at radius 1 is 1.23 bits per heavy atom. The third kappa shape index (κ3) is 5.84. The van der Waals surface area contributed by atoms with Crippen LogP contribution in [0.15, 0.2) is 24.3 Å². The van der Waals surface area contributed by atoms with Gasteiger partial charge in [-0.3, -0.25) is 14.4 Å². The van der Waals surface area contributed by atoms with E-state index in [0.29, 0.717) is 30.9 Å². The number of piperazine rings is 1. The molecule has 1 aliphatic rings. The molecule has 1 fully saturated rings. The molecule has 1 aromatic carbocycles. The van der Waals surface area contributed by atoms with Crippen LogP contribution in [0, 0.1) is 5.92 Å². The third-order valence-corrected chi connectivity index (χ3v) is 4.10. The summed E-state index contributed by atoms with van der Waals surface area (Å²) in [6, 6.07) is 6.81. The van der Waals surface area contributed by atoms with E-state index in [4.69, 9.17) is 0 Å². The maximum atomic E-state index is 13.0. The molecule has 0 aromatic heterocycles. The molecule has 2 N–H and O–H groups in total. The number of carbonyl (C=O) groups excluding carboxylic acids is 3. The van der Waals surface area contributed by atoms with Gasteiger partial charge in [0.15, 0.2) is 0 Å². The summed E-state index contributed by atoms with van der Waals surface area (Å²) < 4.78 is 0. The highest BCUT2D eigenvalue weighted by atomic mass is 16.2. The first-order valence-electron chi connectivity index (χ1n) is 9.02. The van der Waals surface area contributed by atoms with Crippen molar-refractivity contribution in [2.75, 3.05) is 44.6 Å². The number of nitrogens with one attached hydrogen (secondary N) is 2. The van der Waals surface area contributed by atoms with Crippen molar-refractivity contribution in [1.82, 2.24) is 15.1 Å². The lowest BCUT2D eigenvalue weighted by molar-refractivity contribution is -0.132. The molecule has 2 rings (SSSR count). The molecule has 7 heteroatoms. The summed E-state index contributed by atoms with van der Waals surface area (Å²) in [5.74, 6) is -0.177. The molecule has 3 amide bonds. The van der Waals surface area contributed by atoms with E-state index in [1.807, 2.05) is 13.8 Å². The lowest BCUT2D eigenvalue weighted by atomic mass is 10.1. The van der Waals surface area contributed by atoms with Crippen molar-refractivity contribution >= 4 is 23.4 Å². The van der Waals surface area contributed by atoms with E-state index in [1.54, 1.807) is 34.1 Å². The maximum absolute atomic E-state index is 13.0. The second-order valence-electron chi connectivity index (χ2n) is 6.97. The van der Waals surface area contributed by atoms with E-state index in [9.17, 15) is 14.4 Å². The average Bonchev–Trinajstić information content (AvgIpc) is 2.60. The summed E-state index contributed by atoms with van der Waals surface area (Å²) in [4.78, 5) is 40.2. The normalized spacial score (nSPS) is 14.2. The summed E-state index contributed by atoms with van der Waals surface area (Å²) in [5.41, 5.74) is 1.03. The zero-order valence-electron chi connectivity index (χ0n) is 15.7.